The molecule has 0 saturated carbocycles. The topological polar surface area (TPSA) is 9.23 Å². The smallest absolute Gasteiger partial charge is 0.0647 e. The highest BCUT2D eigenvalue weighted by atomic mass is 16.5. The van der Waals surface area contributed by atoms with Crippen LogP contribution < -0.4 is 0 Å². The summed E-state index contributed by atoms with van der Waals surface area (Å²) in [7, 11) is 0. The molecule has 0 aromatic rings. The zero-order valence-electron chi connectivity index (χ0n) is 6.61. The van der Waals surface area contributed by atoms with Gasteiger partial charge in [0.25, 0.3) is 0 Å². The van der Waals surface area contributed by atoms with Crippen molar-refractivity contribution in [2.24, 2.45) is 5.41 Å². The maximum Gasteiger partial charge on any atom is 0.0647 e. The van der Waals surface area contributed by atoms with Crippen molar-refractivity contribution in [1.82, 2.24) is 0 Å². The van der Waals surface area contributed by atoms with Crippen LogP contribution in [0, 0.1) is 5.41 Å². The maximum absolute atomic E-state index is 5.39. The summed E-state index contributed by atoms with van der Waals surface area (Å²) in [5.74, 6) is 0. The van der Waals surface area contributed by atoms with E-state index in [4.69, 9.17) is 4.74 Å². The molecule has 0 bridgehead atoms. The molecule has 0 aromatic heterocycles. The van der Waals surface area contributed by atoms with Crippen molar-refractivity contribution in [3.8, 4) is 0 Å². The highest BCUT2D eigenvalue weighted by Crippen LogP contribution is 2.33. The lowest BCUT2D eigenvalue weighted by atomic mass is 9.80. The molecular formula is C8H16O. The van der Waals surface area contributed by atoms with E-state index in [0.29, 0.717) is 11.5 Å². The SMILES string of the molecule is CCC(C)(C)C1CCO1. The first-order valence-electron chi connectivity index (χ1n) is 3.78. The van der Waals surface area contributed by atoms with Crippen LogP contribution in [0.4, 0.5) is 0 Å². The summed E-state index contributed by atoms with van der Waals surface area (Å²) in [6, 6.07) is 0. The first kappa shape index (κ1) is 7.07. The largest absolute Gasteiger partial charge is 0.377 e. The van der Waals surface area contributed by atoms with E-state index < -0.39 is 0 Å². The molecule has 0 aromatic carbocycles. The zero-order valence-corrected chi connectivity index (χ0v) is 6.61. The molecule has 1 unspecified atom stereocenters. The van der Waals surface area contributed by atoms with Gasteiger partial charge in [-0.15, -0.1) is 0 Å². The van der Waals surface area contributed by atoms with Gasteiger partial charge in [-0.25, -0.2) is 0 Å². The van der Waals surface area contributed by atoms with Gasteiger partial charge in [0.05, 0.1) is 6.10 Å². The van der Waals surface area contributed by atoms with Gasteiger partial charge in [-0.1, -0.05) is 20.8 Å². The van der Waals surface area contributed by atoms with E-state index in [-0.39, 0.29) is 0 Å². The molecule has 1 fully saturated rings. The Kier molecular flexibility index (Phi) is 1.80. The predicted octanol–water partition coefficient (Wildman–Crippen LogP) is 2.21. The molecule has 1 saturated heterocycles. The molecule has 1 heterocycles. The highest BCUT2D eigenvalue weighted by Gasteiger charge is 2.33. The normalized spacial score (nSPS) is 27.7. The lowest BCUT2D eigenvalue weighted by molar-refractivity contribution is -0.116. The third kappa shape index (κ3) is 1.26. The van der Waals surface area contributed by atoms with Crippen molar-refractivity contribution in [2.45, 2.75) is 39.7 Å². The second-order valence-corrected chi connectivity index (χ2v) is 3.49. The third-order valence-corrected chi connectivity index (χ3v) is 2.48. The Morgan fingerprint density at radius 2 is 2.11 bits per heavy atom. The van der Waals surface area contributed by atoms with Crippen molar-refractivity contribution < 1.29 is 4.74 Å². The predicted molar refractivity (Wildman–Crippen MR) is 38.4 cm³/mol. The molecule has 1 nitrogen and oxygen atoms in total. The lowest BCUT2D eigenvalue weighted by Gasteiger charge is -2.39. The zero-order chi connectivity index (χ0) is 6.91. The van der Waals surface area contributed by atoms with Crippen molar-refractivity contribution >= 4 is 0 Å². The van der Waals surface area contributed by atoms with Gasteiger partial charge in [-0.2, -0.15) is 0 Å². The van der Waals surface area contributed by atoms with E-state index in [0.717, 1.165) is 6.61 Å². The molecule has 1 rings (SSSR count). The Bertz CT molecular complexity index is 92.7. The first-order chi connectivity index (χ1) is 4.17. The van der Waals surface area contributed by atoms with Crippen LogP contribution >= 0.6 is 0 Å². The minimum Gasteiger partial charge on any atom is -0.377 e. The molecule has 0 amide bonds. The molecule has 0 radical (unpaired) electrons. The standard InChI is InChI=1S/C8H16O/c1-4-8(2,3)7-5-6-9-7/h7H,4-6H2,1-3H3. The van der Waals surface area contributed by atoms with Crippen LogP contribution in [-0.4, -0.2) is 12.7 Å². The molecule has 1 heteroatoms. The Morgan fingerprint density at radius 3 is 2.22 bits per heavy atom. The van der Waals surface area contributed by atoms with Crippen molar-refractivity contribution in [3.63, 3.8) is 0 Å². The molecule has 0 aliphatic carbocycles. The molecular weight excluding hydrogens is 112 g/mol. The van der Waals surface area contributed by atoms with Gasteiger partial charge in [0, 0.05) is 6.61 Å². The summed E-state index contributed by atoms with van der Waals surface area (Å²) >= 11 is 0. The highest BCUT2D eigenvalue weighted by molar-refractivity contribution is 4.82. The quantitative estimate of drug-likeness (QED) is 0.554. The van der Waals surface area contributed by atoms with Gasteiger partial charge in [0.2, 0.25) is 0 Å². The van der Waals surface area contributed by atoms with Crippen LogP contribution in [0.1, 0.15) is 33.6 Å². The van der Waals surface area contributed by atoms with Crippen molar-refractivity contribution in [1.29, 1.82) is 0 Å². The van der Waals surface area contributed by atoms with Crippen LogP contribution in [0.3, 0.4) is 0 Å². The van der Waals surface area contributed by atoms with Gasteiger partial charge < -0.3 is 4.74 Å². The van der Waals surface area contributed by atoms with E-state index >= 15 is 0 Å². The van der Waals surface area contributed by atoms with E-state index in [2.05, 4.69) is 20.8 Å². The van der Waals surface area contributed by atoms with Crippen LogP contribution in [0.5, 0.6) is 0 Å². The molecule has 1 aliphatic rings. The fourth-order valence-corrected chi connectivity index (χ4v) is 1.08. The van der Waals surface area contributed by atoms with Gasteiger partial charge in [-0.05, 0) is 18.3 Å². The summed E-state index contributed by atoms with van der Waals surface area (Å²) in [5, 5.41) is 0. The fraction of sp³-hybridized carbons (Fsp3) is 1.00. The number of hydrogen-bond acceptors (Lipinski definition) is 1. The molecule has 1 aliphatic heterocycles. The first-order valence-corrected chi connectivity index (χ1v) is 3.78. The van der Waals surface area contributed by atoms with Crippen LogP contribution in [0.25, 0.3) is 0 Å². The van der Waals surface area contributed by atoms with Gasteiger partial charge in [-0.3, -0.25) is 0 Å². The van der Waals surface area contributed by atoms with Crippen LogP contribution in [0.2, 0.25) is 0 Å². The van der Waals surface area contributed by atoms with Gasteiger partial charge in [0.1, 0.15) is 0 Å². The maximum atomic E-state index is 5.39. The summed E-state index contributed by atoms with van der Waals surface area (Å²) in [6.45, 7) is 7.75. The Balaban J connectivity index is 2.37. The number of rotatable bonds is 2. The van der Waals surface area contributed by atoms with Gasteiger partial charge >= 0.3 is 0 Å². The summed E-state index contributed by atoms with van der Waals surface area (Å²) in [6.07, 6.45) is 3.03. The third-order valence-electron chi connectivity index (χ3n) is 2.48. The van der Waals surface area contributed by atoms with Crippen molar-refractivity contribution in [3.05, 3.63) is 0 Å². The Morgan fingerprint density at radius 1 is 1.56 bits per heavy atom. The summed E-state index contributed by atoms with van der Waals surface area (Å²) in [4.78, 5) is 0. The fourth-order valence-electron chi connectivity index (χ4n) is 1.08. The number of hydrogen-bond donors (Lipinski definition) is 0. The molecule has 1 atom stereocenters. The average molecular weight is 128 g/mol. The van der Waals surface area contributed by atoms with Crippen LogP contribution in [0.15, 0.2) is 0 Å². The minimum absolute atomic E-state index is 0.415. The molecule has 9 heavy (non-hydrogen) atoms. The van der Waals surface area contributed by atoms with E-state index in [1.165, 1.54) is 12.8 Å². The number of ether oxygens (including phenoxy) is 1. The Labute approximate surface area is 57.4 Å². The van der Waals surface area contributed by atoms with Crippen molar-refractivity contribution in [2.75, 3.05) is 6.61 Å². The second-order valence-electron chi connectivity index (χ2n) is 3.49. The van der Waals surface area contributed by atoms with E-state index in [9.17, 15) is 0 Å². The minimum atomic E-state index is 0.415. The Hall–Kier alpha value is -0.0400. The molecule has 0 N–H and O–H groups in total. The lowest BCUT2D eigenvalue weighted by Crippen LogP contribution is -2.40. The monoisotopic (exact) mass is 128 g/mol. The second kappa shape index (κ2) is 2.30. The summed E-state index contributed by atoms with van der Waals surface area (Å²) < 4.78 is 5.39. The molecule has 0 spiro atoms. The average Bonchev–Trinajstić information content (AvgIpc) is 1.60. The van der Waals surface area contributed by atoms with Crippen LogP contribution in [-0.2, 0) is 4.74 Å². The summed E-state index contributed by atoms with van der Waals surface area (Å²) in [5.41, 5.74) is 0.415. The van der Waals surface area contributed by atoms with E-state index in [1.54, 1.807) is 0 Å². The molecule has 54 valence electrons. The van der Waals surface area contributed by atoms with Gasteiger partial charge in [0.15, 0.2) is 0 Å². The van der Waals surface area contributed by atoms with E-state index in [1.807, 2.05) is 0 Å².